The van der Waals surface area contributed by atoms with Crippen LogP contribution in [0.15, 0.2) is 122 Å². The maximum Gasteiger partial charge on any atom is 0.259 e. The number of nitriles is 1. The second-order valence-corrected chi connectivity index (χ2v) is 18.8. The highest BCUT2D eigenvalue weighted by Crippen LogP contribution is 2.56. The predicted molar refractivity (Wildman–Crippen MR) is 255 cm³/mol. The highest BCUT2D eigenvalue weighted by Gasteiger charge is 2.65. The lowest BCUT2D eigenvalue weighted by atomic mass is 9.79. The molecule has 3 unspecified atom stereocenters. The number of hydrogen-bond donors (Lipinski definition) is 0. The number of imidazole rings is 1. The van der Waals surface area contributed by atoms with Gasteiger partial charge in [0.1, 0.15) is 41.2 Å². The Morgan fingerprint density at radius 1 is 0.836 bits per heavy atom. The Bertz CT molecular complexity index is 2570. The molecule has 6 aromatic rings. The van der Waals surface area contributed by atoms with Crippen molar-refractivity contribution in [3.8, 4) is 17.6 Å². The Hall–Kier alpha value is -5.82. The first-order valence-electron chi connectivity index (χ1n) is 22.6. The zero-order valence-electron chi connectivity index (χ0n) is 39.2. The molecule has 2 aliphatic rings. The van der Waals surface area contributed by atoms with Crippen LogP contribution in [0.1, 0.15) is 81.2 Å². The van der Waals surface area contributed by atoms with E-state index < -0.39 is 38.2 Å². The van der Waals surface area contributed by atoms with E-state index in [2.05, 4.69) is 55.6 Å². The molecule has 0 radical (unpaired) electrons. The Kier molecular flexibility index (Phi) is 14.6. The number of methoxy groups -OCH3 is 2. The van der Waals surface area contributed by atoms with Gasteiger partial charge in [0.25, 0.3) is 14.4 Å². The van der Waals surface area contributed by atoms with Gasteiger partial charge in [-0.25, -0.2) is 19.6 Å². The van der Waals surface area contributed by atoms with Crippen molar-refractivity contribution >= 4 is 31.4 Å². The van der Waals surface area contributed by atoms with E-state index in [-0.39, 0.29) is 50.3 Å². The number of aromatic nitrogens is 4. The molecule has 2 bridgehead atoms. The zero-order chi connectivity index (χ0) is 47.3. The molecule has 0 N–H and O–H groups in total. The summed E-state index contributed by atoms with van der Waals surface area (Å²) >= 11 is 0. The van der Waals surface area contributed by atoms with Crippen LogP contribution in [0.3, 0.4) is 0 Å². The first-order chi connectivity index (χ1) is 32.5. The fourth-order valence-electron chi connectivity index (χ4n) is 9.07. The van der Waals surface area contributed by atoms with Gasteiger partial charge in [-0.2, -0.15) is 5.26 Å². The van der Waals surface area contributed by atoms with Crippen LogP contribution in [0, 0.1) is 11.3 Å². The van der Waals surface area contributed by atoms with Crippen LogP contribution in [-0.4, -0.2) is 100 Å². The van der Waals surface area contributed by atoms with Crippen molar-refractivity contribution in [3.05, 3.63) is 144 Å². The number of amides is 1. The average Bonchev–Trinajstić information content (AvgIpc) is 4.02. The number of hydrogen-bond acceptors (Lipinski definition) is 13. The molecule has 4 aromatic carbocycles. The highest BCUT2D eigenvalue weighted by atomic mass is 31.2. The minimum atomic E-state index is -1.77. The van der Waals surface area contributed by atoms with Gasteiger partial charge >= 0.3 is 0 Å². The van der Waals surface area contributed by atoms with E-state index in [9.17, 15) is 10.1 Å². The van der Waals surface area contributed by atoms with Gasteiger partial charge in [-0.05, 0) is 94.6 Å². The molecule has 350 valence electrons. The van der Waals surface area contributed by atoms with Crippen LogP contribution in [-0.2, 0) is 28.9 Å². The minimum absolute atomic E-state index is 0.0120. The van der Waals surface area contributed by atoms with Gasteiger partial charge in [0.15, 0.2) is 23.2 Å². The monoisotopic (exact) mass is 927 g/mol. The molecule has 0 aliphatic carbocycles. The summed E-state index contributed by atoms with van der Waals surface area (Å²) in [5.41, 5.74) is 1.54. The minimum Gasteiger partial charge on any atom is -0.497 e. The lowest BCUT2D eigenvalue weighted by Gasteiger charge is -2.41. The van der Waals surface area contributed by atoms with Crippen molar-refractivity contribution in [1.82, 2.24) is 24.2 Å². The van der Waals surface area contributed by atoms with Crippen LogP contribution >= 0.6 is 8.53 Å². The maximum absolute atomic E-state index is 14.1. The molecular weight excluding hydrogens is 870 g/mol. The average molecular weight is 928 g/mol. The smallest absolute Gasteiger partial charge is 0.259 e. The third-order valence-corrected chi connectivity index (χ3v) is 14.3. The lowest BCUT2D eigenvalue weighted by molar-refractivity contribution is -0.202. The van der Waals surface area contributed by atoms with Crippen LogP contribution < -0.4 is 14.4 Å². The summed E-state index contributed by atoms with van der Waals surface area (Å²) in [5.74, 6) is 1.56. The van der Waals surface area contributed by atoms with Crippen molar-refractivity contribution in [3.63, 3.8) is 0 Å². The molecule has 16 heteroatoms. The maximum atomic E-state index is 14.1. The summed E-state index contributed by atoms with van der Waals surface area (Å²) in [7, 11) is 1.51. The van der Waals surface area contributed by atoms with Crippen molar-refractivity contribution in [2.45, 2.75) is 95.7 Å². The van der Waals surface area contributed by atoms with E-state index in [1.54, 1.807) is 37.6 Å². The molecule has 0 spiro atoms. The summed E-state index contributed by atoms with van der Waals surface area (Å²) in [5, 5.41) is 9.55. The standard InChI is InChI=1S/C51H58N7O8P/c1-34(2)57(48(59)37-16-11-9-12-17-37)47-43-46(53-32-54-47)56(33-55-43)49-44-45(66-67(64-29-15-28-52)58(35(3)4)36(5)6)50(65-49,30-62-44)31-63-51(38-18-13-10-14-19-38,39-20-24-41(60-7)25-21-39)40-22-26-42(61-8)27-23-40/h9-14,16-27,32-36,44-45,49H,15,29-31H2,1-8H3/t44?,45?,49-,50-,67?/m1/s1. The van der Waals surface area contributed by atoms with E-state index in [4.69, 9.17) is 42.7 Å². The number of anilines is 1. The topological polar surface area (TPSA) is 156 Å². The lowest BCUT2D eigenvalue weighted by Crippen LogP contribution is -2.49. The first kappa shape index (κ1) is 47.7. The normalized spacial score (nSPS) is 19.7. The van der Waals surface area contributed by atoms with E-state index in [0.29, 0.717) is 34.0 Å². The van der Waals surface area contributed by atoms with Gasteiger partial charge in [-0.1, -0.05) is 72.8 Å². The van der Waals surface area contributed by atoms with E-state index in [0.717, 1.165) is 16.7 Å². The molecule has 0 saturated carbocycles. The van der Waals surface area contributed by atoms with Crippen LogP contribution in [0.5, 0.6) is 11.5 Å². The van der Waals surface area contributed by atoms with Crippen molar-refractivity contribution in [1.29, 1.82) is 5.26 Å². The third-order valence-electron chi connectivity index (χ3n) is 12.1. The quantitative estimate of drug-likeness (QED) is 0.0406. The van der Waals surface area contributed by atoms with E-state index in [1.165, 1.54) is 6.33 Å². The Balaban J connectivity index is 1.25. The van der Waals surface area contributed by atoms with Gasteiger partial charge in [-0.15, -0.1) is 0 Å². The number of fused-ring (bicyclic) bond motifs is 3. The summed E-state index contributed by atoms with van der Waals surface area (Å²) in [6, 6.07) is 36.9. The first-order valence-corrected chi connectivity index (χ1v) is 23.7. The second-order valence-electron chi connectivity index (χ2n) is 17.4. The molecule has 2 fully saturated rings. The number of ether oxygens (including phenoxy) is 5. The fourth-order valence-corrected chi connectivity index (χ4v) is 10.9. The molecule has 67 heavy (non-hydrogen) atoms. The van der Waals surface area contributed by atoms with Gasteiger partial charge in [0.05, 0.1) is 52.9 Å². The van der Waals surface area contributed by atoms with Crippen LogP contribution in [0.25, 0.3) is 11.2 Å². The fraction of sp³-hybridized carbons (Fsp3) is 0.392. The molecule has 15 nitrogen and oxygen atoms in total. The molecule has 2 saturated heterocycles. The van der Waals surface area contributed by atoms with Crippen molar-refractivity contribution in [2.75, 3.05) is 38.9 Å². The van der Waals surface area contributed by atoms with Gasteiger partial charge in [0.2, 0.25) is 0 Å². The van der Waals surface area contributed by atoms with E-state index >= 15 is 0 Å². The number of rotatable bonds is 20. The molecule has 1 amide bonds. The third kappa shape index (κ3) is 9.28. The Labute approximate surface area is 393 Å². The molecule has 4 heterocycles. The number of benzene rings is 4. The Morgan fingerprint density at radius 3 is 2.00 bits per heavy atom. The summed E-state index contributed by atoms with van der Waals surface area (Å²) < 4.78 is 50.7. The number of nitrogens with zero attached hydrogens (tertiary/aromatic N) is 7. The number of carbonyl (C=O) groups is 1. The zero-order valence-corrected chi connectivity index (χ0v) is 40.1. The SMILES string of the molecule is COc1ccc(C(OC[C@]23COC(C2OP(OCCC#N)N(C(C)C)C(C)C)[C@H](n2cnc4c(N(C(=O)c5ccccc5)C(C)C)ncnc42)O3)(c2ccccc2)c2ccc(OC)cc2)cc1. The molecule has 5 atom stereocenters. The van der Waals surface area contributed by atoms with E-state index in [1.807, 2.05) is 103 Å². The number of carbonyl (C=O) groups excluding carboxylic acids is 1. The van der Waals surface area contributed by atoms with Crippen LogP contribution in [0.4, 0.5) is 5.82 Å². The van der Waals surface area contributed by atoms with Gasteiger partial charge in [-0.3, -0.25) is 14.3 Å². The molecular formula is C51H58N7O8P. The predicted octanol–water partition coefficient (Wildman–Crippen LogP) is 9.23. The molecule has 2 aromatic heterocycles. The summed E-state index contributed by atoms with van der Waals surface area (Å²) in [4.78, 5) is 29.9. The molecule has 2 aliphatic heterocycles. The second kappa shape index (κ2) is 20.6. The Morgan fingerprint density at radius 2 is 1.43 bits per heavy atom. The van der Waals surface area contributed by atoms with Gasteiger partial charge in [0, 0.05) is 23.7 Å². The van der Waals surface area contributed by atoms with Crippen LogP contribution in [0.2, 0.25) is 0 Å². The largest absolute Gasteiger partial charge is 0.497 e. The van der Waals surface area contributed by atoms with Gasteiger partial charge < -0.3 is 32.7 Å². The highest BCUT2D eigenvalue weighted by molar-refractivity contribution is 7.44. The molecule has 8 rings (SSSR count). The summed E-state index contributed by atoms with van der Waals surface area (Å²) in [6.07, 6.45) is 1.01. The van der Waals surface area contributed by atoms with Crippen molar-refractivity contribution in [2.24, 2.45) is 0 Å². The van der Waals surface area contributed by atoms with Crippen molar-refractivity contribution < 1.29 is 37.5 Å². The summed E-state index contributed by atoms with van der Waals surface area (Å²) in [6.45, 7) is 12.6.